The Morgan fingerprint density at radius 3 is 2.37 bits per heavy atom. The van der Waals surface area contributed by atoms with E-state index in [0.717, 1.165) is 11.1 Å². The van der Waals surface area contributed by atoms with E-state index in [1.54, 1.807) is 25.1 Å². The molecule has 1 atom stereocenters. The van der Waals surface area contributed by atoms with Gasteiger partial charge in [0, 0.05) is 16.1 Å². The van der Waals surface area contributed by atoms with Crippen LogP contribution in [0, 0.1) is 5.82 Å². The van der Waals surface area contributed by atoms with E-state index in [4.69, 9.17) is 26.1 Å². The number of hydrogen-bond acceptors (Lipinski definition) is 6. The van der Waals surface area contributed by atoms with Gasteiger partial charge in [0.2, 0.25) is 0 Å². The van der Waals surface area contributed by atoms with Crippen LogP contribution in [0.15, 0.2) is 115 Å². The first-order valence-corrected chi connectivity index (χ1v) is 16.9. The van der Waals surface area contributed by atoms with Crippen molar-refractivity contribution in [3.63, 3.8) is 0 Å². The molecule has 0 N–H and O–H groups in total. The first-order chi connectivity index (χ1) is 22.2. The minimum absolute atomic E-state index is 0.132. The van der Waals surface area contributed by atoms with Gasteiger partial charge in [-0.2, -0.15) is 0 Å². The zero-order chi connectivity index (χ0) is 32.4. The lowest BCUT2D eigenvalue weighted by atomic mass is 9.93. The van der Waals surface area contributed by atoms with E-state index in [-0.39, 0.29) is 24.3 Å². The van der Waals surface area contributed by atoms with Gasteiger partial charge in [0.1, 0.15) is 18.2 Å². The number of halogens is 4. The number of nitrogens with zero attached hydrogens (tertiary/aromatic N) is 2. The molecule has 1 aromatic heterocycles. The van der Waals surface area contributed by atoms with Gasteiger partial charge in [0.05, 0.1) is 37.4 Å². The molecule has 0 spiro atoms. The molecule has 1 aliphatic rings. The number of esters is 1. The average molecular weight is 783 g/mol. The van der Waals surface area contributed by atoms with Crippen LogP contribution in [0.5, 0.6) is 5.75 Å². The molecule has 6 rings (SSSR count). The molecule has 0 saturated heterocycles. The number of rotatable bonds is 8. The zero-order valence-electron chi connectivity index (χ0n) is 24.2. The molecule has 0 aliphatic carbocycles. The topological polar surface area (TPSA) is 69.9 Å². The Balaban J connectivity index is 1.48. The lowest BCUT2D eigenvalue weighted by Crippen LogP contribution is -2.40. The highest BCUT2D eigenvalue weighted by Gasteiger charge is 2.35. The van der Waals surface area contributed by atoms with Crippen molar-refractivity contribution in [2.45, 2.75) is 19.6 Å². The van der Waals surface area contributed by atoms with Gasteiger partial charge in [0.25, 0.3) is 5.56 Å². The lowest BCUT2D eigenvalue weighted by Gasteiger charge is -2.25. The molecule has 0 radical (unpaired) electrons. The highest BCUT2D eigenvalue weighted by molar-refractivity contribution is 9.11. The van der Waals surface area contributed by atoms with Gasteiger partial charge < -0.3 is 9.47 Å². The Kier molecular flexibility index (Phi) is 9.70. The van der Waals surface area contributed by atoms with E-state index in [1.165, 1.54) is 28.0 Å². The summed E-state index contributed by atoms with van der Waals surface area (Å²) in [5.74, 6) is -0.452. The number of carbonyl (C=O) groups excluding carboxylic acids is 1. The fourth-order valence-electron chi connectivity index (χ4n) is 5.12. The smallest absolute Gasteiger partial charge is 0.338 e. The predicted octanol–water partition coefficient (Wildman–Crippen LogP) is 7.83. The highest BCUT2D eigenvalue weighted by Crippen LogP contribution is 2.37. The number of benzene rings is 4. The fourth-order valence-corrected chi connectivity index (χ4v) is 7.76. The summed E-state index contributed by atoms with van der Waals surface area (Å²) in [5.41, 5.74) is 3.05. The number of ether oxygens (including phenoxy) is 2. The SMILES string of the molecule is CCOC(=O)C1=C(c2ccccc2)N=c2s/c(=C\c3cc(Br)c(OCc4ccccc4Cl)c(Br)c3)c(=O)n2[C@H]1c1ccc(F)cc1. The van der Waals surface area contributed by atoms with Gasteiger partial charge in [-0.1, -0.05) is 83.6 Å². The Labute approximate surface area is 289 Å². The van der Waals surface area contributed by atoms with Crippen LogP contribution in [-0.4, -0.2) is 17.1 Å². The molecule has 0 bridgehead atoms. The molecule has 6 nitrogen and oxygen atoms in total. The van der Waals surface area contributed by atoms with E-state index in [1.807, 2.05) is 66.7 Å². The normalized spacial score (nSPS) is 14.5. The summed E-state index contributed by atoms with van der Waals surface area (Å²) >= 11 is 14.7. The van der Waals surface area contributed by atoms with Crippen LogP contribution >= 0.6 is 54.8 Å². The minimum Gasteiger partial charge on any atom is -0.486 e. The van der Waals surface area contributed by atoms with E-state index < -0.39 is 17.8 Å². The Hall–Kier alpha value is -3.83. The summed E-state index contributed by atoms with van der Waals surface area (Å²) in [6.07, 6.45) is 1.76. The van der Waals surface area contributed by atoms with Crippen LogP contribution in [0.2, 0.25) is 5.02 Å². The molecular formula is C35H24Br2ClFN2O4S. The maximum atomic E-state index is 14.1. The largest absolute Gasteiger partial charge is 0.486 e. The van der Waals surface area contributed by atoms with Gasteiger partial charge in [-0.15, -0.1) is 0 Å². The third kappa shape index (κ3) is 6.53. The number of hydrogen-bond donors (Lipinski definition) is 0. The molecular weight excluding hydrogens is 759 g/mol. The second kappa shape index (κ2) is 13.9. The number of fused-ring (bicyclic) bond motifs is 1. The summed E-state index contributed by atoms with van der Waals surface area (Å²) in [7, 11) is 0. The summed E-state index contributed by atoms with van der Waals surface area (Å²) in [6, 6.07) is 25.3. The van der Waals surface area contributed by atoms with Crippen molar-refractivity contribution in [2.75, 3.05) is 6.61 Å². The van der Waals surface area contributed by atoms with Crippen LogP contribution in [0.1, 0.15) is 35.2 Å². The standard InChI is InChI=1S/C35H24Br2ClFN2O4S/c1-2-44-34(43)29-30(21-8-4-3-5-9-21)40-35-41(31(29)22-12-14-24(39)15-13-22)33(42)28(46-35)18-20-16-25(36)32(26(37)17-20)45-19-23-10-6-7-11-27(23)38/h3-18,31H,2,19H2,1H3/b28-18-/t31-/m0/s1. The van der Waals surface area contributed by atoms with Crippen molar-refractivity contribution in [1.82, 2.24) is 4.57 Å². The van der Waals surface area contributed by atoms with Crippen molar-refractivity contribution >= 4 is 72.5 Å². The molecule has 0 fully saturated rings. The van der Waals surface area contributed by atoms with E-state index in [0.29, 0.717) is 45.9 Å². The zero-order valence-corrected chi connectivity index (χ0v) is 28.9. The summed E-state index contributed by atoms with van der Waals surface area (Å²) in [5, 5.41) is 0.613. The third-order valence-electron chi connectivity index (χ3n) is 7.21. The van der Waals surface area contributed by atoms with E-state index >= 15 is 0 Å². The second-order valence-corrected chi connectivity index (χ2v) is 13.3. The third-order valence-corrected chi connectivity index (χ3v) is 9.74. The van der Waals surface area contributed by atoms with Gasteiger partial charge in [-0.25, -0.2) is 14.2 Å². The van der Waals surface area contributed by atoms with Crippen LogP contribution in [0.4, 0.5) is 4.39 Å². The van der Waals surface area contributed by atoms with Crippen molar-refractivity contribution in [3.8, 4) is 5.75 Å². The Morgan fingerprint density at radius 2 is 1.70 bits per heavy atom. The maximum Gasteiger partial charge on any atom is 0.338 e. The lowest BCUT2D eigenvalue weighted by molar-refractivity contribution is -0.138. The van der Waals surface area contributed by atoms with Gasteiger partial charge in [0.15, 0.2) is 4.80 Å². The fraction of sp³-hybridized carbons (Fsp3) is 0.114. The highest BCUT2D eigenvalue weighted by atomic mass is 79.9. The number of thiazole rings is 1. The number of aromatic nitrogens is 1. The summed E-state index contributed by atoms with van der Waals surface area (Å²) in [6.45, 7) is 2.11. The second-order valence-electron chi connectivity index (χ2n) is 10.2. The van der Waals surface area contributed by atoms with E-state index in [9.17, 15) is 14.0 Å². The van der Waals surface area contributed by atoms with Crippen molar-refractivity contribution in [2.24, 2.45) is 4.99 Å². The quantitative estimate of drug-likeness (QED) is 0.151. The number of carbonyl (C=O) groups is 1. The van der Waals surface area contributed by atoms with Crippen molar-refractivity contribution in [1.29, 1.82) is 0 Å². The summed E-state index contributed by atoms with van der Waals surface area (Å²) < 4.78 is 28.8. The van der Waals surface area contributed by atoms with Crippen molar-refractivity contribution < 1.29 is 18.7 Å². The first kappa shape index (κ1) is 32.1. The molecule has 0 unspecified atom stereocenters. The molecule has 0 amide bonds. The van der Waals surface area contributed by atoms with Crippen LogP contribution in [0.3, 0.4) is 0 Å². The minimum atomic E-state index is -0.896. The monoisotopic (exact) mass is 780 g/mol. The van der Waals surface area contributed by atoms with Crippen LogP contribution in [0.25, 0.3) is 11.8 Å². The van der Waals surface area contributed by atoms with E-state index in [2.05, 4.69) is 31.9 Å². The molecule has 4 aromatic carbocycles. The van der Waals surface area contributed by atoms with Crippen LogP contribution in [-0.2, 0) is 16.1 Å². The molecule has 232 valence electrons. The first-order valence-electron chi connectivity index (χ1n) is 14.1. The van der Waals surface area contributed by atoms with Crippen molar-refractivity contribution in [3.05, 3.63) is 158 Å². The molecule has 1 aliphatic heterocycles. The predicted molar refractivity (Wildman–Crippen MR) is 185 cm³/mol. The molecule has 5 aromatic rings. The Bertz CT molecular complexity index is 2140. The van der Waals surface area contributed by atoms with Gasteiger partial charge in [-0.05, 0) is 86.3 Å². The van der Waals surface area contributed by atoms with Crippen LogP contribution < -0.4 is 19.6 Å². The maximum absolute atomic E-state index is 14.1. The molecule has 0 saturated carbocycles. The average Bonchev–Trinajstić information content (AvgIpc) is 3.35. The van der Waals surface area contributed by atoms with Gasteiger partial charge >= 0.3 is 5.97 Å². The molecule has 11 heteroatoms. The molecule has 46 heavy (non-hydrogen) atoms. The summed E-state index contributed by atoms with van der Waals surface area (Å²) in [4.78, 5) is 32.9. The Morgan fingerprint density at radius 1 is 1.02 bits per heavy atom. The van der Waals surface area contributed by atoms with Gasteiger partial charge in [-0.3, -0.25) is 9.36 Å². The molecule has 2 heterocycles.